The van der Waals surface area contributed by atoms with Gasteiger partial charge in [-0.1, -0.05) is 7.43 Å². The van der Waals surface area contributed by atoms with Crippen LogP contribution in [0.2, 0.25) is 0 Å². The molecule has 1 aromatic rings. The van der Waals surface area contributed by atoms with Gasteiger partial charge in [0.15, 0.2) is 0 Å². The zero-order valence-corrected chi connectivity index (χ0v) is 7.70. The highest BCUT2D eigenvalue weighted by Gasteiger charge is 2.36. The monoisotopic (exact) mass is 210 g/mol. The summed E-state index contributed by atoms with van der Waals surface area (Å²) in [5.74, 6) is 0.631. The van der Waals surface area contributed by atoms with E-state index in [4.69, 9.17) is 9.47 Å². The van der Waals surface area contributed by atoms with Crippen molar-refractivity contribution in [3.63, 3.8) is 0 Å². The summed E-state index contributed by atoms with van der Waals surface area (Å²) in [6.07, 6.45) is 2.26. The molecular weight excluding hydrogens is 195 g/mol. The number of hydrogen-bond donors (Lipinski definition) is 0. The molecule has 1 saturated heterocycles. The van der Waals surface area contributed by atoms with E-state index in [-0.39, 0.29) is 25.5 Å². The third-order valence-corrected chi connectivity index (χ3v) is 2.77. The molecule has 0 radical (unpaired) electrons. The van der Waals surface area contributed by atoms with Crippen LogP contribution in [0.1, 0.15) is 19.4 Å². The molecule has 0 saturated carbocycles. The van der Waals surface area contributed by atoms with Gasteiger partial charge in [-0.2, -0.15) is 0 Å². The highest BCUT2D eigenvalue weighted by Crippen LogP contribution is 2.32. The van der Waals surface area contributed by atoms with Crippen LogP contribution in [0, 0.1) is 5.82 Å². The van der Waals surface area contributed by atoms with E-state index in [0.29, 0.717) is 0 Å². The van der Waals surface area contributed by atoms with Crippen LogP contribution in [-0.2, 0) is 11.2 Å². The molecule has 3 rings (SSSR count). The van der Waals surface area contributed by atoms with Gasteiger partial charge >= 0.3 is 0 Å². The third kappa shape index (κ3) is 1.97. The van der Waals surface area contributed by atoms with Gasteiger partial charge < -0.3 is 9.47 Å². The first-order valence-electron chi connectivity index (χ1n) is 4.89. The number of epoxide rings is 1. The molecule has 1 aromatic carbocycles. The average molecular weight is 210 g/mol. The molecular formula is C12H15FO2. The SMILES string of the molecule is C.Fc1ccc2c(c1)CCC([C@@H]1CO1)O2. The van der Waals surface area contributed by atoms with Gasteiger partial charge in [-0.15, -0.1) is 0 Å². The fraction of sp³-hybridized carbons (Fsp3) is 0.500. The van der Waals surface area contributed by atoms with Crippen molar-refractivity contribution in [2.24, 2.45) is 0 Å². The van der Waals surface area contributed by atoms with E-state index in [1.54, 1.807) is 12.1 Å². The maximum absolute atomic E-state index is 12.9. The number of ether oxygens (including phenoxy) is 2. The van der Waals surface area contributed by atoms with Gasteiger partial charge in [0.25, 0.3) is 0 Å². The van der Waals surface area contributed by atoms with Gasteiger partial charge in [0, 0.05) is 0 Å². The second kappa shape index (κ2) is 3.81. The van der Waals surface area contributed by atoms with Crippen LogP contribution in [0.15, 0.2) is 18.2 Å². The summed E-state index contributed by atoms with van der Waals surface area (Å²) >= 11 is 0. The molecule has 1 unspecified atom stereocenters. The molecule has 0 bridgehead atoms. The fourth-order valence-corrected chi connectivity index (χ4v) is 1.91. The third-order valence-electron chi connectivity index (χ3n) is 2.77. The Morgan fingerprint density at radius 1 is 1.27 bits per heavy atom. The summed E-state index contributed by atoms with van der Waals surface area (Å²) in [6, 6.07) is 4.70. The maximum Gasteiger partial charge on any atom is 0.127 e. The number of halogens is 1. The first kappa shape index (κ1) is 10.4. The van der Waals surface area contributed by atoms with Gasteiger partial charge in [0.2, 0.25) is 0 Å². The van der Waals surface area contributed by atoms with Crippen molar-refractivity contribution in [1.82, 2.24) is 0 Å². The Morgan fingerprint density at radius 2 is 2.07 bits per heavy atom. The number of hydrogen-bond acceptors (Lipinski definition) is 2. The predicted molar refractivity (Wildman–Crippen MR) is 55.6 cm³/mol. The van der Waals surface area contributed by atoms with Gasteiger partial charge in [-0.05, 0) is 36.6 Å². The van der Waals surface area contributed by atoms with Gasteiger partial charge in [0.1, 0.15) is 23.8 Å². The number of fused-ring (bicyclic) bond motifs is 1. The standard InChI is InChI=1S/C11H11FO2.CH4/c12-8-2-4-9-7(5-8)1-3-10(14-9)11-6-13-11;/h2,4-5,10-11H,1,3,6H2;1H4/t10?,11-;/m0./s1. The van der Waals surface area contributed by atoms with Crippen LogP contribution >= 0.6 is 0 Å². The van der Waals surface area contributed by atoms with E-state index in [2.05, 4.69) is 0 Å². The number of aryl methyl sites for hydroxylation is 1. The normalized spacial score (nSPS) is 27.3. The van der Waals surface area contributed by atoms with E-state index < -0.39 is 0 Å². The molecule has 2 nitrogen and oxygen atoms in total. The Hall–Kier alpha value is -1.09. The number of benzene rings is 1. The Morgan fingerprint density at radius 3 is 2.80 bits per heavy atom. The van der Waals surface area contributed by atoms with E-state index in [9.17, 15) is 4.39 Å². The highest BCUT2D eigenvalue weighted by atomic mass is 19.1. The minimum absolute atomic E-state index is 0. The fourth-order valence-electron chi connectivity index (χ4n) is 1.91. The molecule has 2 aliphatic rings. The van der Waals surface area contributed by atoms with Gasteiger partial charge in [0.05, 0.1) is 6.61 Å². The quantitative estimate of drug-likeness (QED) is 0.664. The summed E-state index contributed by atoms with van der Waals surface area (Å²) in [5, 5.41) is 0. The Balaban J connectivity index is 0.000000853. The molecule has 0 N–H and O–H groups in total. The molecule has 0 aliphatic carbocycles. The van der Waals surface area contributed by atoms with Crippen LogP contribution in [0.4, 0.5) is 4.39 Å². The molecule has 15 heavy (non-hydrogen) atoms. The van der Waals surface area contributed by atoms with Crippen molar-refractivity contribution >= 4 is 0 Å². The van der Waals surface area contributed by atoms with Crippen LogP contribution in [0.3, 0.4) is 0 Å². The van der Waals surface area contributed by atoms with E-state index >= 15 is 0 Å². The van der Waals surface area contributed by atoms with Crippen LogP contribution in [-0.4, -0.2) is 18.8 Å². The second-order valence-corrected chi connectivity index (χ2v) is 3.82. The van der Waals surface area contributed by atoms with Crippen molar-refractivity contribution in [2.45, 2.75) is 32.5 Å². The van der Waals surface area contributed by atoms with Crippen molar-refractivity contribution < 1.29 is 13.9 Å². The van der Waals surface area contributed by atoms with Crippen molar-refractivity contribution in [1.29, 1.82) is 0 Å². The lowest BCUT2D eigenvalue weighted by Gasteiger charge is -2.24. The first-order valence-corrected chi connectivity index (χ1v) is 4.89. The molecule has 0 aromatic heterocycles. The lowest BCUT2D eigenvalue weighted by molar-refractivity contribution is 0.136. The Bertz CT molecular complexity index is 361. The lowest BCUT2D eigenvalue weighted by atomic mass is 10.0. The largest absolute Gasteiger partial charge is 0.487 e. The summed E-state index contributed by atoms with van der Waals surface area (Å²) in [7, 11) is 0. The predicted octanol–water partition coefficient (Wildman–Crippen LogP) is 2.55. The van der Waals surface area contributed by atoms with Crippen molar-refractivity contribution in [3.8, 4) is 5.75 Å². The van der Waals surface area contributed by atoms with Crippen LogP contribution in [0.5, 0.6) is 5.75 Å². The summed E-state index contributed by atoms with van der Waals surface area (Å²) in [5.41, 5.74) is 0.974. The van der Waals surface area contributed by atoms with E-state index in [0.717, 1.165) is 30.8 Å². The molecule has 0 spiro atoms. The summed E-state index contributed by atoms with van der Waals surface area (Å²) < 4.78 is 23.8. The smallest absolute Gasteiger partial charge is 0.127 e. The second-order valence-electron chi connectivity index (χ2n) is 3.82. The first-order chi connectivity index (χ1) is 6.83. The molecule has 2 atom stereocenters. The lowest BCUT2D eigenvalue weighted by Crippen LogP contribution is -2.27. The van der Waals surface area contributed by atoms with Gasteiger partial charge in [-0.25, -0.2) is 4.39 Å². The zero-order chi connectivity index (χ0) is 9.54. The molecule has 82 valence electrons. The van der Waals surface area contributed by atoms with Crippen molar-refractivity contribution in [2.75, 3.05) is 6.61 Å². The zero-order valence-electron chi connectivity index (χ0n) is 7.70. The maximum atomic E-state index is 12.9. The minimum Gasteiger partial charge on any atom is -0.487 e. The summed E-state index contributed by atoms with van der Waals surface area (Å²) in [6.45, 7) is 0.807. The molecule has 0 amide bonds. The molecule has 2 aliphatic heterocycles. The highest BCUT2D eigenvalue weighted by molar-refractivity contribution is 5.36. The van der Waals surface area contributed by atoms with Crippen molar-refractivity contribution in [3.05, 3.63) is 29.6 Å². The molecule has 2 heterocycles. The number of rotatable bonds is 1. The average Bonchev–Trinajstić information content (AvgIpc) is 3.00. The molecule has 3 heteroatoms. The minimum atomic E-state index is -0.187. The van der Waals surface area contributed by atoms with E-state index in [1.165, 1.54) is 6.07 Å². The Labute approximate surface area is 89.0 Å². The molecule has 1 fully saturated rings. The van der Waals surface area contributed by atoms with Crippen LogP contribution in [0.25, 0.3) is 0 Å². The van der Waals surface area contributed by atoms with Crippen LogP contribution < -0.4 is 4.74 Å². The van der Waals surface area contributed by atoms with Gasteiger partial charge in [-0.3, -0.25) is 0 Å². The Kier molecular flexibility index (Phi) is 2.65. The summed E-state index contributed by atoms with van der Waals surface area (Å²) in [4.78, 5) is 0. The topological polar surface area (TPSA) is 21.8 Å². The van der Waals surface area contributed by atoms with E-state index in [1.807, 2.05) is 0 Å².